The molecule has 166 valence electrons. The van der Waals surface area contributed by atoms with Crippen LogP contribution in [0, 0.1) is 12.3 Å². The predicted octanol–water partition coefficient (Wildman–Crippen LogP) is 7.06. The van der Waals surface area contributed by atoms with Crippen LogP contribution in [0.3, 0.4) is 0 Å². The summed E-state index contributed by atoms with van der Waals surface area (Å²) >= 11 is 0. The van der Waals surface area contributed by atoms with Crippen molar-refractivity contribution in [2.24, 2.45) is 5.41 Å². The molecule has 1 aromatic heterocycles. The first-order valence-electron chi connectivity index (χ1n) is 11.9. The van der Waals surface area contributed by atoms with E-state index >= 15 is 0 Å². The first kappa shape index (κ1) is 22.2. The first-order valence-corrected chi connectivity index (χ1v) is 11.9. The number of benzene rings is 1. The summed E-state index contributed by atoms with van der Waals surface area (Å²) in [6.07, 6.45) is 6.70. The number of ketones is 1. The fourth-order valence-electron chi connectivity index (χ4n) is 5.66. The summed E-state index contributed by atoms with van der Waals surface area (Å²) in [5.41, 5.74) is 7.57. The molecule has 1 atom stereocenters. The van der Waals surface area contributed by atoms with Crippen LogP contribution in [0.5, 0.6) is 0 Å². The molecule has 2 aliphatic rings. The zero-order chi connectivity index (χ0) is 22.3. The number of aromatic nitrogens is 1. The Balaban J connectivity index is 2.00. The smallest absolute Gasteiger partial charge is 0.195 e. The lowest BCUT2D eigenvalue weighted by Gasteiger charge is -2.39. The summed E-state index contributed by atoms with van der Waals surface area (Å²) in [5.74, 6) is 0.749. The van der Waals surface area contributed by atoms with Crippen molar-refractivity contribution in [3.05, 3.63) is 63.5 Å². The van der Waals surface area contributed by atoms with Crippen LogP contribution in [0.1, 0.15) is 122 Å². The minimum atomic E-state index is 0.00706. The minimum absolute atomic E-state index is 0.00706. The van der Waals surface area contributed by atoms with Gasteiger partial charge in [0, 0.05) is 29.5 Å². The molecule has 1 aromatic carbocycles. The van der Waals surface area contributed by atoms with Gasteiger partial charge in [0.25, 0.3) is 0 Å². The summed E-state index contributed by atoms with van der Waals surface area (Å²) in [5, 5.41) is 0. The van der Waals surface area contributed by atoms with Crippen LogP contribution in [0.4, 0.5) is 0 Å². The monoisotopic (exact) mass is 419 g/mol. The van der Waals surface area contributed by atoms with Crippen molar-refractivity contribution in [2.45, 2.75) is 91.1 Å². The molecule has 0 aliphatic heterocycles. The maximum absolute atomic E-state index is 14.0. The summed E-state index contributed by atoms with van der Waals surface area (Å²) in [6.45, 7) is 11.0. The highest BCUT2D eigenvalue weighted by atomic mass is 16.5. The molecule has 2 aromatic rings. The molecule has 0 saturated heterocycles. The van der Waals surface area contributed by atoms with Crippen molar-refractivity contribution in [3.63, 3.8) is 0 Å². The number of rotatable bonds is 5. The standard InChI is InChI=1S/C28H37NO2/c1-17(2)26-25(27(30)20-13-11-18(3)12-14-20)23(19-9-7-8-10-19)24-21(29-26)15-28(4,5)16-22(24)31-6/h11-14,17,19,22H,7-10,15-16H2,1-6H3/t22-/m0/s1. The Morgan fingerprint density at radius 3 is 2.32 bits per heavy atom. The maximum atomic E-state index is 14.0. The third-order valence-electron chi connectivity index (χ3n) is 7.22. The van der Waals surface area contributed by atoms with E-state index in [0.29, 0.717) is 5.92 Å². The molecule has 0 amide bonds. The second-order valence-corrected chi connectivity index (χ2v) is 10.7. The van der Waals surface area contributed by atoms with Crippen molar-refractivity contribution < 1.29 is 9.53 Å². The van der Waals surface area contributed by atoms with E-state index in [-0.39, 0.29) is 23.2 Å². The van der Waals surface area contributed by atoms with Crippen molar-refractivity contribution >= 4 is 5.78 Å². The average molecular weight is 420 g/mol. The van der Waals surface area contributed by atoms with Gasteiger partial charge in [-0.15, -0.1) is 0 Å². The predicted molar refractivity (Wildman–Crippen MR) is 126 cm³/mol. The number of fused-ring (bicyclic) bond motifs is 1. The number of methoxy groups -OCH3 is 1. The molecular weight excluding hydrogens is 382 g/mol. The van der Waals surface area contributed by atoms with Crippen LogP contribution in [-0.4, -0.2) is 17.9 Å². The molecule has 3 nitrogen and oxygen atoms in total. The van der Waals surface area contributed by atoms with Gasteiger partial charge in [-0.3, -0.25) is 9.78 Å². The number of nitrogens with zero attached hydrogens (tertiary/aromatic N) is 1. The number of pyridine rings is 1. The Kier molecular flexibility index (Phi) is 6.09. The molecule has 2 aliphatic carbocycles. The van der Waals surface area contributed by atoms with Crippen LogP contribution in [0.2, 0.25) is 0 Å². The quantitative estimate of drug-likeness (QED) is 0.487. The van der Waals surface area contributed by atoms with Gasteiger partial charge in [-0.05, 0) is 55.4 Å². The number of hydrogen-bond acceptors (Lipinski definition) is 3. The first-order chi connectivity index (χ1) is 14.7. The number of carbonyl (C=O) groups excluding carboxylic acids is 1. The highest BCUT2D eigenvalue weighted by Crippen LogP contribution is 2.49. The van der Waals surface area contributed by atoms with Crippen molar-refractivity contribution in [1.29, 1.82) is 0 Å². The van der Waals surface area contributed by atoms with Crippen LogP contribution >= 0.6 is 0 Å². The third kappa shape index (κ3) is 4.22. The Labute approximate surface area is 187 Å². The van der Waals surface area contributed by atoms with Crippen LogP contribution in [0.25, 0.3) is 0 Å². The van der Waals surface area contributed by atoms with E-state index in [9.17, 15) is 4.79 Å². The highest BCUT2D eigenvalue weighted by Gasteiger charge is 2.40. The van der Waals surface area contributed by atoms with Crippen molar-refractivity contribution in [2.75, 3.05) is 7.11 Å². The number of hydrogen-bond donors (Lipinski definition) is 0. The Morgan fingerprint density at radius 1 is 1.10 bits per heavy atom. The van der Waals surface area contributed by atoms with E-state index < -0.39 is 0 Å². The van der Waals surface area contributed by atoms with Crippen LogP contribution in [0.15, 0.2) is 24.3 Å². The molecule has 0 radical (unpaired) electrons. The highest BCUT2D eigenvalue weighted by molar-refractivity contribution is 6.11. The largest absolute Gasteiger partial charge is 0.377 e. The number of ether oxygens (including phenoxy) is 1. The normalized spacial score (nSPS) is 20.8. The summed E-state index contributed by atoms with van der Waals surface area (Å²) in [6, 6.07) is 8.00. The van der Waals surface area contributed by atoms with E-state index in [1.165, 1.54) is 29.5 Å². The van der Waals surface area contributed by atoms with Crippen molar-refractivity contribution in [3.8, 4) is 0 Å². The zero-order valence-electron chi connectivity index (χ0n) is 20.0. The van der Waals surface area contributed by atoms with Gasteiger partial charge in [0.05, 0.1) is 11.8 Å². The third-order valence-corrected chi connectivity index (χ3v) is 7.22. The lowest BCUT2D eigenvalue weighted by Crippen LogP contribution is -2.31. The summed E-state index contributed by atoms with van der Waals surface area (Å²) < 4.78 is 6.06. The van der Waals surface area contributed by atoms with E-state index in [4.69, 9.17) is 9.72 Å². The Morgan fingerprint density at radius 2 is 1.74 bits per heavy atom. The van der Waals surface area contributed by atoms with Gasteiger partial charge in [-0.2, -0.15) is 0 Å². The Bertz CT molecular complexity index is 965. The summed E-state index contributed by atoms with van der Waals surface area (Å²) in [7, 11) is 1.81. The second-order valence-electron chi connectivity index (χ2n) is 10.7. The van der Waals surface area contributed by atoms with Gasteiger partial charge in [-0.25, -0.2) is 0 Å². The molecule has 1 saturated carbocycles. The van der Waals surface area contributed by atoms with Gasteiger partial charge >= 0.3 is 0 Å². The topological polar surface area (TPSA) is 39.2 Å². The van der Waals surface area contributed by atoms with Crippen molar-refractivity contribution in [1.82, 2.24) is 4.98 Å². The molecule has 3 heteroatoms. The number of aryl methyl sites for hydroxylation is 1. The van der Waals surface area contributed by atoms with Crippen LogP contribution in [-0.2, 0) is 11.2 Å². The van der Waals surface area contributed by atoms with Gasteiger partial charge < -0.3 is 4.74 Å². The number of carbonyl (C=O) groups is 1. The molecular formula is C28H37NO2. The zero-order valence-corrected chi connectivity index (χ0v) is 20.0. The molecule has 31 heavy (non-hydrogen) atoms. The fraction of sp³-hybridized carbons (Fsp3) is 0.571. The molecule has 0 unspecified atom stereocenters. The van der Waals surface area contributed by atoms with Gasteiger partial charge in [0.2, 0.25) is 0 Å². The SMILES string of the molecule is CO[C@H]1CC(C)(C)Cc2nc(C(C)C)c(C(=O)c3ccc(C)cc3)c(C3CCCC3)c21. The lowest BCUT2D eigenvalue weighted by molar-refractivity contribution is 0.0479. The van der Waals surface area contributed by atoms with E-state index in [1.807, 2.05) is 31.4 Å². The van der Waals surface area contributed by atoms with E-state index in [2.05, 4.69) is 34.6 Å². The molecule has 1 heterocycles. The molecule has 1 fully saturated rings. The van der Waals surface area contributed by atoms with Gasteiger partial charge in [-0.1, -0.05) is 70.4 Å². The molecule has 0 bridgehead atoms. The lowest BCUT2D eigenvalue weighted by atomic mass is 9.70. The average Bonchev–Trinajstić information content (AvgIpc) is 3.25. The summed E-state index contributed by atoms with van der Waals surface area (Å²) in [4.78, 5) is 19.2. The fourth-order valence-corrected chi connectivity index (χ4v) is 5.66. The second kappa shape index (κ2) is 8.50. The molecule has 0 N–H and O–H groups in total. The van der Waals surface area contributed by atoms with E-state index in [1.54, 1.807) is 0 Å². The maximum Gasteiger partial charge on any atom is 0.195 e. The molecule has 4 rings (SSSR count). The van der Waals surface area contributed by atoms with Gasteiger partial charge in [0.1, 0.15) is 0 Å². The molecule has 0 spiro atoms. The van der Waals surface area contributed by atoms with Crippen LogP contribution < -0.4 is 0 Å². The Hall–Kier alpha value is -2.00. The van der Waals surface area contributed by atoms with Gasteiger partial charge in [0.15, 0.2) is 5.78 Å². The van der Waals surface area contributed by atoms with E-state index in [0.717, 1.165) is 48.2 Å². The minimum Gasteiger partial charge on any atom is -0.377 e.